The van der Waals surface area contributed by atoms with E-state index in [-0.39, 0.29) is 11.5 Å². The van der Waals surface area contributed by atoms with Gasteiger partial charge in [0.1, 0.15) is 6.61 Å². The molecular weight excluding hydrogens is 302 g/mol. The molecular formula is C16H17NO4S. The summed E-state index contributed by atoms with van der Waals surface area (Å²) in [7, 11) is -2.17. The van der Waals surface area contributed by atoms with E-state index in [0.29, 0.717) is 5.56 Å². The van der Waals surface area contributed by atoms with Crippen molar-refractivity contribution in [3.05, 3.63) is 65.2 Å². The van der Waals surface area contributed by atoms with Crippen molar-refractivity contribution in [1.29, 1.82) is 0 Å². The summed E-state index contributed by atoms with van der Waals surface area (Å²) in [5, 5.41) is 0. The molecule has 2 aromatic carbocycles. The monoisotopic (exact) mass is 319 g/mol. The zero-order valence-corrected chi connectivity index (χ0v) is 13.2. The number of aryl methyl sites for hydroxylation is 1. The van der Waals surface area contributed by atoms with Gasteiger partial charge in [-0.3, -0.25) is 0 Å². The Morgan fingerprint density at radius 1 is 1.09 bits per heavy atom. The summed E-state index contributed by atoms with van der Waals surface area (Å²) in [5.74, 6) is -0.489. The van der Waals surface area contributed by atoms with Gasteiger partial charge in [0, 0.05) is 0 Å². The van der Waals surface area contributed by atoms with Crippen molar-refractivity contribution in [1.82, 2.24) is 4.72 Å². The Morgan fingerprint density at radius 3 is 2.32 bits per heavy atom. The molecule has 0 amide bonds. The third-order valence-corrected chi connectivity index (χ3v) is 4.72. The van der Waals surface area contributed by atoms with Crippen LogP contribution in [-0.2, 0) is 21.4 Å². The smallest absolute Gasteiger partial charge is 0.338 e. The molecule has 0 aromatic heterocycles. The van der Waals surface area contributed by atoms with Gasteiger partial charge in [-0.25, -0.2) is 17.9 Å². The Labute approximate surface area is 130 Å². The molecule has 2 aromatic rings. The highest BCUT2D eigenvalue weighted by atomic mass is 32.2. The first kappa shape index (κ1) is 16.2. The molecule has 0 saturated carbocycles. The van der Waals surface area contributed by atoms with Gasteiger partial charge in [-0.05, 0) is 49.4 Å². The highest BCUT2D eigenvalue weighted by Crippen LogP contribution is 2.13. The standard InChI is InChI=1S/C16H17NO4S/c1-12-5-3-4-6-14(12)11-21-16(18)13-7-9-15(10-8-13)22(19,20)17-2/h3-10,17H,11H2,1-2H3. The Morgan fingerprint density at radius 2 is 1.73 bits per heavy atom. The van der Waals surface area contributed by atoms with E-state index < -0.39 is 16.0 Å². The van der Waals surface area contributed by atoms with Crippen LogP contribution in [0.5, 0.6) is 0 Å². The van der Waals surface area contributed by atoms with Gasteiger partial charge >= 0.3 is 5.97 Å². The predicted molar refractivity (Wildman–Crippen MR) is 83.0 cm³/mol. The molecule has 0 atom stereocenters. The lowest BCUT2D eigenvalue weighted by atomic mass is 10.1. The third kappa shape index (κ3) is 3.72. The molecule has 0 saturated heterocycles. The van der Waals surface area contributed by atoms with E-state index in [4.69, 9.17) is 4.74 Å². The number of benzene rings is 2. The highest BCUT2D eigenvalue weighted by Gasteiger charge is 2.13. The first-order valence-electron chi connectivity index (χ1n) is 6.69. The summed E-state index contributed by atoms with van der Waals surface area (Å²) in [4.78, 5) is 12.1. The van der Waals surface area contributed by atoms with Gasteiger partial charge in [-0.15, -0.1) is 0 Å². The average molecular weight is 319 g/mol. The van der Waals surface area contributed by atoms with Crippen molar-refractivity contribution in [3.63, 3.8) is 0 Å². The van der Waals surface area contributed by atoms with Crippen LogP contribution in [0, 0.1) is 6.92 Å². The maximum atomic E-state index is 12.0. The van der Waals surface area contributed by atoms with Gasteiger partial charge < -0.3 is 4.74 Å². The van der Waals surface area contributed by atoms with Crippen LogP contribution in [0.3, 0.4) is 0 Å². The third-order valence-electron chi connectivity index (χ3n) is 3.29. The quantitative estimate of drug-likeness (QED) is 0.858. The highest BCUT2D eigenvalue weighted by molar-refractivity contribution is 7.89. The van der Waals surface area contributed by atoms with E-state index in [2.05, 4.69) is 4.72 Å². The number of rotatable bonds is 5. The molecule has 1 N–H and O–H groups in total. The first-order chi connectivity index (χ1) is 10.4. The van der Waals surface area contributed by atoms with Crippen molar-refractivity contribution in [3.8, 4) is 0 Å². The van der Waals surface area contributed by atoms with Crippen molar-refractivity contribution < 1.29 is 17.9 Å². The average Bonchev–Trinajstić information content (AvgIpc) is 2.54. The van der Waals surface area contributed by atoms with E-state index in [1.54, 1.807) is 0 Å². The molecule has 0 radical (unpaired) electrons. The summed E-state index contributed by atoms with van der Waals surface area (Å²) in [6.07, 6.45) is 0. The first-order valence-corrected chi connectivity index (χ1v) is 8.17. The van der Waals surface area contributed by atoms with Crippen LogP contribution in [-0.4, -0.2) is 21.4 Å². The molecule has 0 heterocycles. The Hall–Kier alpha value is -2.18. The van der Waals surface area contributed by atoms with Crippen LogP contribution in [0.25, 0.3) is 0 Å². The molecule has 2 rings (SSSR count). The summed E-state index contributed by atoms with van der Waals surface area (Å²) in [6, 6.07) is 13.3. The number of hydrogen-bond acceptors (Lipinski definition) is 4. The minimum Gasteiger partial charge on any atom is -0.457 e. The Bertz CT molecular complexity index is 767. The van der Waals surface area contributed by atoms with Gasteiger partial charge in [0.2, 0.25) is 10.0 Å². The maximum absolute atomic E-state index is 12.0. The lowest BCUT2D eigenvalue weighted by Crippen LogP contribution is -2.18. The second-order valence-electron chi connectivity index (χ2n) is 4.73. The van der Waals surface area contributed by atoms with E-state index in [1.807, 2.05) is 31.2 Å². The molecule has 116 valence electrons. The fourth-order valence-corrected chi connectivity index (χ4v) is 2.62. The predicted octanol–water partition coefficient (Wildman–Crippen LogP) is 2.26. The normalized spacial score (nSPS) is 11.2. The van der Waals surface area contributed by atoms with E-state index >= 15 is 0 Å². The second kappa shape index (κ2) is 6.72. The topological polar surface area (TPSA) is 72.5 Å². The van der Waals surface area contributed by atoms with Gasteiger partial charge in [-0.2, -0.15) is 0 Å². The summed E-state index contributed by atoms with van der Waals surface area (Å²) >= 11 is 0. The van der Waals surface area contributed by atoms with E-state index in [1.165, 1.54) is 31.3 Å². The van der Waals surface area contributed by atoms with Crippen LogP contribution in [0.2, 0.25) is 0 Å². The molecule has 0 spiro atoms. The number of sulfonamides is 1. The zero-order chi connectivity index (χ0) is 16.2. The maximum Gasteiger partial charge on any atom is 0.338 e. The molecule has 0 bridgehead atoms. The Balaban J connectivity index is 2.06. The van der Waals surface area contributed by atoms with Gasteiger partial charge in [0.15, 0.2) is 0 Å². The number of nitrogens with one attached hydrogen (secondary N) is 1. The number of esters is 1. The second-order valence-corrected chi connectivity index (χ2v) is 6.62. The fourth-order valence-electron chi connectivity index (χ4n) is 1.89. The molecule has 6 heteroatoms. The summed E-state index contributed by atoms with van der Waals surface area (Å²) in [5.41, 5.74) is 2.29. The molecule has 22 heavy (non-hydrogen) atoms. The number of carbonyl (C=O) groups excluding carboxylic acids is 1. The lowest BCUT2D eigenvalue weighted by molar-refractivity contribution is 0.0472. The van der Waals surface area contributed by atoms with Crippen LogP contribution in [0.4, 0.5) is 0 Å². The van der Waals surface area contributed by atoms with Crippen LogP contribution < -0.4 is 4.72 Å². The van der Waals surface area contributed by atoms with E-state index in [0.717, 1.165) is 11.1 Å². The molecule has 0 aliphatic heterocycles. The van der Waals surface area contributed by atoms with Crippen LogP contribution in [0.15, 0.2) is 53.4 Å². The number of carbonyl (C=O) groups is 1. The molecule has 0 unspecified atom stereocenters. The van der Waals surface area contributed by atoms with Crippen molar-refractivity contribution in [2.75, 3.05) is 7.05 Å². The minimum absolute atomic E-state index is 0.102. The molecule has 0 aliphatic carbocycles. The van der Waals surface area contributed by atoms with Gasteiger partial charge in [0.25, 0.3) is 0 Å². The summed E-state index contributed by atoms with van der Waals surface area (Å²) in [6.45, 7) is 2.13. The minimum atomic E-state index is -3.50. The largest absolute Gasteiger partial charge is 0.457 e. The number of hydrogen-bond donors (Lipinski definition) is 1. The van der Waals surface area contributed by atoms with Crippen molar-refractivity contribution in [2.45, 2.75) is 18.4 Å². The van der Waals surface area contributed by atoms with Crippen molar-refractivity contribution >= 4 is 16.0 Å². The van der Waals surface area contributed by atoms with Gasteiger partial charge in [0.05, 0.1) is 10.5 Å². The Kier molecular flexibility index (Phi) is 4.95. The zero-order valence-electron chi connectivity index (χ0n) is 12.4. The fraction of sp³-hybridized carbons (Fsp3) is 0.188. The number of ether oxygens (including phenoxy) is 1. The van der Waals surface area contributed by atoms with Crippen LogP contribution in [0.1, 0.15) is 21.5 Å². The molecule has 0 aliphatic rings. The SMILES string of the molecule is CNS(=O)(=O)c1ccc(C(=O)OCc2ccccc2C)cc1. The van der Waals surface area contributed by atoms with Gasteiger partial charge in [-0.1, -0.05) is 24.3 Å². The molecule has 0 fully saturated rings. The van der Waals surface area contributed by atoms with Crippen molar-refractivity contribution in [2.24, 2.45) is 0 Å². The molecule has 5 nitrogen and oxygen atoms in total. The van der Waals surface area contributed by atoms with E-state index in [9.17, 15) is 13.2 Å². The van der Waals surface area contributed by atoms with Crippen LogP contribution >= 0.6 is 0 Å². The lowest BCUT2D eigenvalue weighted by Gasteiger charge is -2.08. The summed E-state index contributed by atoms with van der Waals surface area (Å²) < 4.78 is 30.7.